The minimum atomic E-state index is -0.428. The predicted octanol–water partition coefficient (Wildman–Crippen LogP) is 3.21. The smallest absolute Gasteiger partial charge is 0.272 e. The summed E-state index contributed by atoms with van der Waals surface area (Å²) in [7, 11) is 0. The first kappa shape index (κ1) is 14.4. The largest absolute Gasteiger partial charge is 0.337 e. The summed E-state index contributed by atoms with van der Waals surface area (Å²) >= 11 is 0. The lowest BCUT2D eigenvalue weighted by molar-refractivity contribution is 0.0783. The Morgan fingerprint density at radius 1 is 1.60 bits per heavy atom. The molecule has 0 aliphatic carbocycles. The number of carbonyl (C=O) groups excluding carboxylic acids is 1. The summed E-state index contributed by atoms with van der Waals surface area (Å²) in [6.45, 7) is 7.26. The van der Waals surface area contributed by atoms with Crippen molar-refractivity contribution in [2.45, 2.75) is 19.8 Å². The molecule has 1 aliphatic heterocycles. The molecule has 1 atom stereocenters. The number of hydrogen-bond acceptors (Lipinski definition) is 2. The molecule has 1 saturated heterocycles. The van der Waals surface area contributed by atoms with Crippen molar-refractivity contribution in [3.8, 4) is 0 Å². The highest BCUT2D eigenvalue weighted by Gasteiger charge is 2.28. The second kappa shape index (κ2) is 6.46. The van der Waals surface area contributed by atoms with Crippen LogP contribution in [-0.2, 0) is 0 Å². The van der Waals surface area contributed by atoms with Crippen molar-refractivity contribution >= 4 is 5.91 Å². The van der Waals surface area contributed by atoms with E-state index in [4.69, 9.17) is 0 Å². The van der Waals surface area contributed by atoms with E-state index in [1.54, 1.807) is 11.0 Å². The molecule has 4 heteroatoms. The Bertz CT molecular complexity index is 522. The predicted molar refractivity (Wildman–Crippen MR) is 76.8 cm³/mol. The monoisotopic (exact) mass is 274 g/mol. The van der Waals surface area contributed by atoms with Gasteiger partial charge in [-0.3, -0.25) is 4.79 Å². The zero-order chi connectivity index (χ0) is 14.5. The summed E-state index contributed by atoms with van der Waals surface area (Å²) in [6, 6.07) is 2.70. The van der Waals surface area contributed by atoms with Crippen molar-refractivity contribution in [1.29, 1.82) is 0 Å². The number of rotatable bonds is 4. The third-order valence-corrected chi connectivity index (χ3v) is 3.69. The molecule has 3 nitrogen and oxygen atoms in total. The molecule has 0 radical (unpaired) electrons. The minimum absolute atomic E-state index is 0.124. The van der Waals surface area contributed by atoms with Gasteiger partial charge in [0.15, 0.2) is 0 Å². The lowest BCUT2D eigenvalue weighted by Crippen LogP contribution is -2.29. The van der Waals surface area contributed by atoms with Crippen molar-refractivity contribution in [2.75, 3.05) is 13.1 Å². The molecule has 1 aliphatic rings. The van der Waals surface area contributed by atoms with Crippen LogP contribution in [0.5, 0.6) is 0 Å². The summed E-state index contributed by atoms with van der Waals surface area (Å²) in [6.07, 6.45) is 6.84. The molecular formula is C16H19FN2O. The number of aromatic nitrogens is 1. The maximum atomic E-state index is 12.8. The zero-order valence-electron chi connectivity index (χ0n) is 11.7. The maximum absolute atomic E-state index is 12.8. The van der Waals surface area contributed by atoms with Crippen LogP contribution >= 0.6 is 0 Å². The average Bonchev–Trinajstić information content (AvgIpc) is 2.94. The number of nitrogens with zero attached hydrogens (tertiary/aromatic N) is 2. The van der Waals surface area contributed by atoms with Gasteiger partial charge in [0.05, 0.1) is 6.20 Å². The fourth-order valence-electron chi connectivity index (χ4n) is 2.61. The molecule has 1 amide bonds. The summed E-state index contributed by atoms with van der Waals surface area (Å²) in [5.41, 5.74) is 1.63. The van der Waals surface area contributed by atoms with Gasteiger partial charge in [-0.1, -0.05) is 31.2 Å². The third-order valence-electron chi connectivity index (χ3n) is 3.69. The van der Waals surface area contributed by atoms with E-state index >= 15 is 0 Å². The zero-order valence-corrected chi connectivity index (χ0v) is 11.7. The molecular weight excluding hydrogens is 255 g/mol. The number of amides is 1. The van der Waals surface area contributed by atoms with Crippen LogP contribution in [0.4, 0.5) is 4.39 Å². The lowest BCUT2D eigenvalue weighted by Gasteiger charge is -2.17. The maximum Gasteiger partial charge on any atom is 0.272 e. The van der Waals surface area contributed by atoms with Crippen LogP contribution in [0.3, 0.4) is 0 Å². The molecule has 1 unspecified atom stereocenters. The van der Waals surface area contributed by atoms with Gasteiger partial charge in [0.25, 0.3) is 5.91 Å². The van der Waals surface area contributed by atoms with Crippen molar-refractivity contribution in [3.63, 3.8) is 0 Å². The molecule has 1 fully saturated rings. The summed E-state index contributed by atoms with van der Waals surface area (Å²) in [4.78, 5) is 17.9. The van der Waals surface area contributed by atoms with Crippen molar-refractivity contribution < 1.29 is 9.18 Å². The fraction of sp³-hybridized carbons (Fsp3) is 0.375. The molecule has 106 valence electrons. The van der Waals surface area contributed by atoms with E-state index in [1.165, 1.54) is 17.7 Å². The van der Waals surface area contributed by atoms with Crippen molar-refractivity contribution in [2.24, 2.45) is 5.92 Å². The first-order valence-corrected chi connectivity index (χ1v) is 6.88. The Balaban J connectivity index is 2.05. The van der Waals surface area contributed by atoms with Crippen molar-refractivity contribution in [3.05, 3.63) is 54.1 Å². The normalized spacial score (nSPS) is 19.2. The van der Waals surface area contributed by atoms with Gasteiger partial charge in [-0.25, -0.2) is 9.37 Å². The van der Waals surface area contributed by atoms with Crippen LogP contribution < -0.4 is 0 Å². The highest BCUT2D eigenvalue weighted by atomic mass is 19.1. The second-order valence-corrected chi connectivity index (χ2v) is 4.93. The highest BCUT2D eigenvalue weighted by molar-refractivity contribution is 5.92. The van der Waals surface area contributed by atoms with Gasteiger partial charge in [0, 0.05) is 13.1 Å². The molecule has 0 spiro atoms. The number of likely N-dealkylation sites (tertiary alicyclic amines) is 1. The van der Waals surface area contributed by atoms with Crippen LogP contribution in [0.1, 0.15) is 30.3 Å². The third kappa shape index (κ3) is 3.13. The van der Waals surface area contributed by atoms with Crippen molar-refractivity contribution in [1.82, 2.24) is 9.88 Å². The van der Waals surface area contributed by atoms with Gasteiger partial charge in [-0.15, -0.1) is 0 Å². The van der Waals surface area contributed by atoms with Crippen LogP contribution in [0.2, 0.25) is 0 Å². The van der Waals surface area contributed by atoms with Gasteiger partial charge >= 0.3 is 0 Å². The van der Waals surface area contributed by atoms with E-state index in [0.717, 1.165) is 25.6 Å². The Morgan fingerprint density at radius 3 is 3.00 bits per heavy atom. The van der Waals surface area contributed by atoms with Crippen LogP contribution in [-0.4, -0.2) is 28.9 Å². The van der Waals surface area contributed by atoms with Gasteiger partial charge in [-0.2, -0.15) is 0 Å². The van der Waals surface area contributed by atoms with Gasteiger partial charge in [0.1, 0.15) is 11.5 Å². The first-order chi connectivity index (χ1) is 9.65. The molecule has 1 aromatic heterocycles. The summed E-state index contributed by atoms with van der Waals surface area (Å²) in [5, 5.41) is 0. The molecule has 0 N–H and O–H groups in total. The Kier molecular flexibility index (Phi) is 4.66. The van der Waals surface area contributed by atoms with E-state index in [1.807, 2.05) is 6.08 Å². The molecule has 2 rings (SSSR count). The minimum Gasteiger partial charge on any atom is -0.337 e. The fourth-order valence-corrected chi connectivity index (χ4v) is 2.61. The van der Waals surface area contributed by atoms with Crippen LogP contribution in [0.25, 0.3) is 0 Å². The first-order valence-electron chi connectivity index (χ1n) is 6.88. The Hall–Kier alpha value is -1.97. The number of allylic oxidation sites excluding steroid dienone is 2. The van der Waals surface area contributed by atoms with E-state index in [-0.39, 0.29) is 5.91 Å². The molecule has 20 heavy (non-hydrogen) atoms. The quantitative estimate of drug-likeness (QED) is 0.790. The SMILES string of the molecule is C=C/C=C(\CC)C1CCN(C(=O)c2ccc(F)cn2)C1. The molecule has 0 aromatic carbocycles. The average molecular weight is 274 g/mol. The van der Waals surface area contributed by atoms with Gasteiger partial charge in [-0.05, 0) is 30.9 Å². The molecule has 0 saturated carbocycles. The summed E-state index contributed by atoms with van der Waals surface area (Å²) in [5.74, 6) is -0.160. The summed E-state index contributed by atoms with van der Waals surface area (Å²) < 4.78 is 12.8. The Morgan fingerprint density at radius 2 is 2.40 bits per heavy atom. The van der Waals surface area contributed by atoms with E-state index in [0.29, 0.717) is 18.2 Å². The molecule has 1 aromatic rings. The molecule has 0 bridgehead atoms. The van der Waals surface area contributed by atoms with Gasteiger partial charge < -0.3 is 4.90 Å². The van der Waals surface area contributed by atoms with Gasteiger partial charge in [0.2, 0.25) is 0 Å². The number of halogens is 1. The highest BCUT2D eigenvalue weighted by Crippen LogP contribution is 2.26. The van der Waals surface area contributed by atoms with Crippen LogP contribution in [0.15, 0.2) is 42.6 Å². The number of hydrogen-bond donors (Lipinski definition) is 0. The lowest BCUT2D eigenvalue weighted by atomic mass is 9.96. The van der Waals surface area contributed by atoms with Crippen LogP contribution in [0, 0.1) is 11.7 Å². The van der Waals surface area contributed by atoms with E-state index in [9.17, 15) is 9.18 Å². The molecule has 2 heterocycles. The Labute approximate surface area is 118 Å². The number of pyridine rings is 1. The topological polar surface area (TPSA) is 33.2 Å². The second-order valence-electron chi connectivity index (χ2n) is 4.93. The number of carbonyl (C=O) groups is 1. The van der Waals surface area contributed by atoms with E-state index in [2.05, 4.69) is 18.5 Å². The standard InChI is InChI=1S/C16H19FN2O/c1-3-5-12(4-2)13-8-9-19(11-13)16(20)15-7-6-14(17)10-18-15/h3,5-7,10,13H,1,4,8-9,11H2,2H3/b12-5+. The van der Waals surface area contributed by atoms with E-state index < -0.39 is 5.82 Å².